The molecule has 1 aromatic heterocycles. The Hall–Kier alpha value is -2.55. The van der Waals surface area contributed by atoms with Gasteiger partial charge in [-0.2, -0.15) is 0 Å². The van der Waals surface area contributed by atoms with Gasteiger partial charge in [-0.3, -0.25) is 10.1 Å². The number of hydrogen-bond acceptors (Lipinski definition) is 5. The van der Waals surface area contributed by atoms with E-state index in [9.17, 15) is 13.2 Å². The maximum atomic E-state index is 12.5. The van der Waals surface area contributed by atoms with E-state index in [0.717, 1.165) is 24.1 Å². The lowest BCUT2D eigenvalue weighted by Gasteiger charge is -2.07. The molecule has 1 saturated carbocycles. The van der Waals surface area contributed by atoms with Crippen LogP contribution in [0.2, 0.25) is 0 Å². The second kappa shape index (κ2) is 7.22. The highest BCUT2D eigenvalue weighted by atomic mass is 32.2. The maximum Gasteiger partial charge on any atom is 0.257 e. The predicted octanol–water partition coefficient (Wildman–Crippen LogP) is 3.50. The summed E-state index contributed by atoms with van der Waals surface area (Å²) in [6, 6.07) is 15.7. The van der Waals surface area contributed by atoms with Gasteiger partial charge in [-0.05, 0) is 31.0 Å². The van der Waals surface area contributed by atoms with Crippen LogP contribution in [0.15, 0.2) is 64.9 Å². The fourth-order valence-corrected chi connectivity index (χ4v) is 4.60. The first-order valence-corrected chi connectivity index (χ1v) is 10.8. The number of nitrogens with zero attached hydrogens (tertiary/aromatic N) is 1. The van der Waals surface area contributed by atoms with Gasteiger partial charge < -0.3 is 0 Å². The Balaban J connectivity index is 1.50. The van der Waals surface area contributed by atoms with Crippen molar-refractivity contribution in [2.24, 2.45) is 0 Å². The minimum absolute atomic E-state index is 0.0132. The Morgan fingerprint density at radius 1 is 1.07 bits per heavy atom. The van der Waals surface area contributed by atoms with Crippen molar-refractivity contribution < 1.29 is 13.2 Å². The van der Waals surface area contributed by atoms with Gasteiger partial charge in [0.05, 0.1) is 10.6 Å². The SMILES string of the molecule is O=C(Nc1nc(-c2ccccc2)cs1)c1cccc(S(=O)(=O)NC2CC2)c1. The average Bonchev–Trinajstić information content (AvgIpc) is 3.36. The summed E-state index contributed by atoms with van der Waals surface area (Å²) in [5.41, 5.74) is 2.01. The first-order valence-electron chi connectivity index (χ1n) is 8.46. The molecule has 4 rings (SSSR count). The van der Waals surface area contributed by atoms with Gasteiger partial charge in [-0.15, -0.1) is 11.3 Å². The summed E-state index contributed by atoms with van der Waals surface area (Å²) in [6.45, 7) is 0. The third-order valence-electron chi connectivity index (χ3n) is 4.10. The molecule has 1 fully saturated rings. The van der Waals surface area contributed by atoms with Crippen LogP contribution >= 0.6 is 11.3 Å². The number of rotatable bonds is 6. The molecule has 138 valence electrons. The van der Waals surface area contributed by atoms with Crippen molar-refractivity contribution in [3.63, 3.8) is 0 Å². The summed E-state index contributed by atoms with van der Waals surface area (Å²) in [5.74, 6) is -0.396. The van der Waals surface area contributed by atoms with E-state index in [4.69, 9.17) is 0 Å². The van der Waals surface area contributed by atoms with Crippen LogP contribution in [-0.4, -0.2) is 25.4 Å². The zero-order valence-corrected chi connectivity index (χ0v) is 15.9. The Labute approximate surface area is 161 Å². The number of sulfonamides is 1. The molecule has 27 heavy (non-hydrogen) atoms. The quantitative estimate of drug-likeness (QED) is 0.664. The molecule has 0 atom stereocenters. The topological polar surface area (TPSA) is 88.2 Å². The fourth-order valence-electron chi connectivity index (χ4n) is 2.54. The second-order valence-corrected chi connectivity index (χ2v) is 8.85. The third kappa shape index (κ3) is 4.24. The van der Waals surface area contributed by atoms with Crippen molar-refractivity contribution in [2.45, 2.75) is 23.8 Å². The molecule has 6 nitrogen and oxygen atoms in total. The molecule has 2 N–H and O–H groups in total. The third-order valence-corrected chi connectivity index (χ3v) is 6.38. The van der Waals surface area contributed by atoms with E-state index in [2.05, 4.69) is 15.0 Å². The zero-order chi connectivity index (χ0) is 18.9. The molecule has 1 aliphatic rings. The first-order chi connectivity index (χ1) is 13.0. The maximum absolute atomic E-state index is 12.5. The van der Waals surface area contributed by atoms with Gasteiger partial charge in [0.1, 0.15) is 0 Å². The zero-order valence-electron chi connectivity index (χ0n) is 14.3. The van der Waals surface area contributed by atoms with E-state index in [-0.39, 0.29) is 16.5 Å². The number of thiazole rings is 1. The van der Waals surface area contributed by atoms with E-state index in [1.807, 2.05) is 35.7 Å². The number of hydrogen-bond donors (Lipinski definition) is 2. The van der Waals surface area contributed by atoms with Crippen LogP contribution in [0.3, 0.4) is 0 Å². The van der Waals surface area contributed by atoms with Crippen molar-refractivity contribution in [3.05, 3.63) is 65.5 Å². The molecule has 8 heteroatoms. The molecule has 0 spiro atoms. The Morgan fingerprint density at radius 2 is 1.85 bits per heavy atom. The number of nitrogens with one attached hydrogen (secondary N) is 2. The summed E-state index contributed by atoms with van der Waals surface area (Å²) < 4.78 is 27.3. The van der Waals surface area contributed by atoms with E-state index in [0.29, 0.717) is 5.13 Å². The predicted molar refractivity (Wildman–Crippen MR) is 105 cm³/mol. The molecule has 0 unspecified atom stereocenters. The minimum Gasteiger partial charge on any atom is -0.298 e. The lowest BCUT2D eigenvalue weighted by molar-refractivity contribution is 0.102. The van der Waals surface area contributed by atoms with E-state index in [1.165, 1.54) is 23.5 Å². The van der Waals surface area contributed by atoms with Gasteiger partial charge in [0.15, 0.2) is 5.13 Å². The van der Waals surface area contributed by atoms with Crippen molar-refractivity contribution in [1.29, 1.82) is 0 Å². The number of amides is 1. The summed E-state index contributed by atoms with van der Waals surface area (Å²) in [5, 5.41) is 5.06. The number of benzene rings is 2. The van der Waals surface area contributed by atoms with Crippen molar-refractivity contribution >= 4 is 32.4 Å². The van der Waals surface area contributed by atoms with Gasteiger partial charge in [-0.25, -0.2) is 18.1 Å². The molecule has 0 saturated heterocycles. The van der Waals surface area contributed by atoms with E-state index < -0.39 is 15.9 Å². The summed E-state index contributed by atoms with van der Waals surface area (Å²) in [6.07, 6.45) is 1.71. The van der Waals surface area contributed by atoms with Crippen molar-refractivity contribution in [2.75, 3.05) is 5.32 Å². The lowest BCUT2D eigenvalue weighted by Crippen LogP contribution is -2.26. The molecule has 0 radical (unpaired) electrons. The van der Waals surface area contributed by atoms with Gasteiger partial charge in [0.25, 0.3) is 5.91 Å². The van der Waals surface area contributed by atoms with Crippen LogP contribution in [0.4, 0.5) is 5.13 Å². The van der Waals surface area contributed by atoms with Crippen LogP contribution < -0.4 is 10.0 Å². The summed E-state index contributed by atoms with van der Waals surface area (Å²) in [7, 11) is -3.60. The van der Waals surface area contributed by atoms with Crippen LogP contribution in [0.1, 0.15) is 23.2 Å². The van der Waals surface area contributed by atoms with E-state index >= 15 is 0 Å². The van der Waals surface area contributed by atoms with Crippen molar-refractivity contribution in [3.8, 4) is 11.3 Å². The van der Waals surface area contributed by atoms with Gasteiger partial charge in [0.2, 0.25) is 10.0 Å². The fraction of sp³-hybridized carbons (Fsp3) is 0.158. The molecule has 1 aliphatic carbocycles. The highest BCUT2D eigenvalue weighted by molar-refractivity contribution is 7.89. The number of anilines is 1. The molecule has 1 heterocycles. The average molecular weight is 399 g/mol. The largest absolute Gasteiger partial charge is 0.298 e. The standard InChI is InChI=1S/C19H17N3O3S2/c23-18(21-19-20-17(12-26-19)13-5-2-1-3-6-13)14-7-4-8-16(11-14)27(24,25)22-15-9-10-15/h1-8,11-12,15,22H,9-10H2,(H,20,21,23). The molecule has 3 aromatic rings. The molecule has 2 aromatic carbocycles. The highest BCUT2D eigenvalue weighted by Crippen LogP contribution is 2.25. The first kappa shape index (κ1) is 17.8. The monoisotopic (exact) mass is 399 g/mol. The van der Waals surface area contributed by atoms with Crippen LogP contribution in [0.25, 0.3) is 11.3 Å². The van der Waals surface area contributed by atoms with Gasteiger partial charge >= 0.3 is 0 Å². The van der Waals surface area contributed by atoms with Crippen LogP contribution in [-0.2, 0) is 10.0 Å². The Bertz CT molecular complexity index is 1070. The Kier molecular flexibility index (Phi) is 4.77. The van der Waals surface area contributed by atoms with Crippen LogP contribution in [0.5, 0.6) is 0 Å². The van der Waals surface area contributed by atoms with E-state index in [1.54, 1.807) is 12.1 Å². The highest BCUT2D eigenvalue weighted by Gasteiger charge is 2.28. The normalized spacial score (nSPS) is 14.1. The molecule has 0 aliphatic heterocycles. The molecule has 1 amide bonds. The molecular formula is C19H17N3O3S2. The minimum atomic E-state index is -3.60. The Morgan fingerprint density at radius 3 is 2.59 bits per heavy atom. The molecular weight excluding hydrogens is 382 g/mol. The van der Waals surface area contributed by atoms with Crippen LogP contribution in [0, 0.1) is 0 Å². The van der Waals surface area contributed by atoms with Crippen molar-refractivity contribution in [1.82, 2.24) is 9.71 Å². The van der Waals surface area contributed by atoms with Gasteiger partial charge in [-0.1, -0.05) is 36.4 Å². The van der Waals surface area contributed by atoms with Gasteiger partial charge in [0, 0.05) is 22.5 Å². The number of carbonyl (C=O) groups excluding carboxylic acids is 1. The smallest absolute Gasteiger partial charge is 0.257 e. The molecule has 0 bridgehead atoms. The summed E-state index contributed by atoms with van der Waals surface area (Å²) in [4.78, 5) is 17.0. The number of aromatic nitrogens is 1. The summed E-state index contributed by atoms with van der Waals surface area (Å²) >= 11 is 1.32. The lowest BCUT2D eigenvalue weighted by atomic mass is 10.2. The second-order valence-electron chi connectivity index (χ2n) is 6.28. The number of carbonyl (C=O) groups is 1.